The van der Waals surface area contributed by atoms with Crippen LogP contribution in [0.1, 0.15) is 23.1 Å². The molecule has 2 unspecified atom stereocenters. The third-order valence-corrected chi connectivity index (χ3v) is 5.23. The van der Waals surface area contributed by atoms with Crippen LogP contribution in [-0.2, 0) is 15.7 Å². The zero-order valence-electron chi connectivity index (χ0n) is 10.2. The van der Waals surface area contributed by atoms with Crippen molar-refractivity contribution in [1.29, 1.82) is 0 Å². The first-order valence-electron chi connectivity index (χ1n) is 5.96. The topological polar surface area (TPSA) is 29.1 Å². The van der Waals surface area contributed by atoms with E-state index < -0.39 is 11.7 Å². The highest BCUT2D eigenvalue weighted by atomic mass is 32.2. The van der Waals surface area contributed by atoms with Crippen LogP contribution in [0.5, 0.6) is 0 Å². The number of aryl methyl sites for hydroxylation is 1. The fourth-order valence-electron chi connectivity index (χ4n) is 2.81. The number of thioether (sulfide) groups is 1. The summed E-state index contributed by atoms with van der Waals surface area (Å²) in [6.45, 7) is 2.10. The van der Waals surface area contributed by atoms with E-state index in [-0.39, 0.29) is 21.5 Å². The molecule has 0 radical (unpaired) electrons. The standard InChI is InChI=1S/C13H12F3NOS/c1-7-4-8(2-3-9(7)13(14,15)16)12-5-10(17-6-12)11(18)19-12/h2-4,10,17H,5-6H2,1H3. The van der Waals surface area contributed by atoms with E-state index in [1.54, 1.807) is 6.07 Å². The highest BCUT2D eigenvalue weighted by molar-refractivity contribution is 8.15. The van der Waals surface area contributed by atoms with Crippen molar-refractivity contribution in [1.82, 2.24) is 5.32 Å². The van der Waals surface area contributed by atoms with Gasteiger partial charge < -0.3 is 5.32 Å². The fraction of sp³-hybridized carbons (Fsp3) is 0.462. The number of fused-ring (bicyclic) bond motifs is 2. The molecule has 0 aromatic heterocycles. The van der Waals surface area contributed by atoms with Crippen molar-refractivity contribution in [3.8, 4) is 0 Å². The fourth-order valence-corrected chi connectivity index (χ4v) is 4.16. The van der Waals surface area contributed by atoms with Crippen molar-refractivity contribution < 1.29 is 18.0 Å². The number of hydrogen-bond acceptors (Lipinski definition) is 3. The Morgan fingerprint density at radius 3 is 2.63 bits per heavy atom. The van der Waals surface area contributed by atoms with Gasteiger partial charge in [-0.25, -0.2) is 0 Å². The van der Waals surface area contributed by atoms with E-state index in [1.165, 1.54) is 24.8 Å². The molecule has 102 valence electrons. The van der Waals surface area contributed by atoms with Crippen molar-refractivity contribution in [2.75, 3.05) is 6.54 Å². The van der Waals surface area contributed by atoms with Crippen LogP contribution in [0.3, 0.4) is 0 Å². The van der Waals surface area contributed by atoms with Gasteiger partial charge in [0.05, 0.1) is 16.4 Å². The lowest BCUT2D eigenvalue weighted by Gasteiger charge is -2.26. The van der Waals surface area contributed by atoms with Crippen LogP contribution in [0.2, 0.25) is 0 Å². The largest absolute Gasteiger partial charge is 0.416 e. The van der Waals surface area contributed by atoms with Gasteiger partial charge in [-0.3, -0.25) is 4.79 Å². The van der Waals surface area contributed by atoms with Gasteiger partial charge in [0.2, 0.25) is 5.12 Å². The molecule has 2 bridgehead atoms. The van der Waals surface area contributed by atoms with Crippen LogP contribution >= 0.6 is 11.8 Å². The van der Waals surface area contributed by atoms with Gasteiger partial charge in [-0.1, -0.05) is 23.9 Å². The second-order valence-electron chi connectivity index (χ2n) is 5.08. The highest BCUT2D eigenvalue weighted by Gasteiger charge is 2.52. The van der Waals surface area contributed by atoms with Crippen molar-refractivity contribution in [3.63, 3.8) is 0 Å². The number of carbonyl (C=O) groups excluding carboxylic acids is 1. The number of nitrogens with one attached hydrogen (secondary N) is 1. The minimum Gasteiger partial charge on any atom is -0.305 e. The number of carbonyl (C=O) groups is 1. The van der Waals surface area contributed by atoms with Crippen LogP contribution in [0.25, 0.3) is 0 Å². The molecule has 2 aliphatic rings. The Kier molecular flexibility index (Phi) is 2.73. The van der Waals surface area contributed by atoms with Gasteiger partial charge in [-0.2, -0.15) is 13.2 Å². The molecule has 2 nitrogen and oxygen atoms in total. The Morgan fingerprint density at radius 1 is 1.42 bits per heavy atom. The summed E-state index contributed by atoms with van der Waals surface area (Å²) >= 11 is 1.26. The van der Waals surface area contributed by atoms with E-state index in [9.17, 15) is 18.0 Å². The molecule has 0 amide bonds. The Labute approximate surface area is 112 Å². The second kappa shape index (κ2) is 3.99. The summed E-state index contributed by atoms with van der Waals surface area (Å²) in [5.41, 5.74) is 0.413. The summed E-state index contributed by atoms with van der Waals surface area (Å²) in [5.74, 6) is 0. The van der Waals surface area contributed by atoms with Crippen LogP contribution < -0.4 is 5.32 Å². The Hall–Kier alpha value is -1.01. The van der Waals surface area contributed by atoms with Crippen LogP contribution in [-0.4, -0.2) is 17.7 Å². The lowest BCUT2D eigenvalue weighted by Crippen LogP contribution is -2.34. The first-order valence-corrected chi connectivity index (χ1v) is 6.78. The molecule has 2 fully saturated rings. The van der Waals surface area contributed by atoms with E-state index in [0.29, 0.717) is 13.0 Å². The zero-order valence-corrected chi connectivity index (χ0v) is 11.0. The molecule has 3 rings (SSSR count). The molecule has 19 heavy (non-hydrogen) atoms. The first-order chi connectivity index (χ1) is 8.82. The number of benzene rings is 1. The lowest BCUT2D eigenvalue weighted by molar-refractivity contribution is -0.138. The molecule has 0 saturated carbocycles. The van der Waals surface area contributed by atoms with Gasteiger partial charge in [0.25, 0.3) is 0 Å². The van der Waals surface area contributed by atoms with Gasteiger partial charge in [-0.15, -0.1) is 0 Å². The minimum atomic E-state index is -4.32. The van der Waals surface area contributed by atoms with Crippen LogP contribution in [0.4, 0.5) is 13.2 Å². The molecule has 2 saturated heterocycles. The average Bonchev–Trinajstić information content (AvgIpc) is 2.85. The van der Waals surface area contributed by atoms with E-state index in [4.69, 9.17) is 0 Å². The number of rotatable bonds is 1. The Bertz CT molecular complexity index is 557. The second-order valence-corrected chi connectivity index (χ2v) is 6.47. The highest BCUT2D eigenvalue weighted by Crippen LogP contribution is 2.51. The van der Waals surface area contributed by atoms with Gasteiger partial charge >= 0.3 is 6.18 Å². The molecule has 2 atom stereocenters. The maximum atomic E-state index is 12.7. The summed E-state index contributed by atoms with van der Waals surface area (Å²) in [6, 6.07) is 4.05. The third-order valence-electron chi connectivity index (χ3n) is 3.81. The third kappa shape index (κ3) is 1.97. The number of hydrogen-bond donors (Lipinski definition) is 1. The van der Waals surface area contributed by atoms with E-state index in [2.05, 4.69) is 5.32 Å². The monoisotopic (exact) mass is 287 g/mol. The average molecular weight is 287 g/mol. The maximum absolute atomic E-state index is 12.7. The van der Waals surface area contributed by atoms with Gasteiger partial charge in [0.15, 0.2) is 0 Å². The molecule has 1 aromatic carbocycles. The van der Waals surface area contributed by atoms with Crippen LogP contribution in [0.15, 0.2) is 18.2 Å². The molecule has 2 heterocycles. The molecule has 0 aliphatic carbocycles. The number of alkyl halides is 3. The lowest BCUT2D eigenvalue weighted by atomic mass is 9.92. The van der Waals surface area contributed by atoms with E-state index in [0.717, 1.165) is 11.6 Å². The molecular formula is C13H12F3NOS. The van der Waals surface area contributed by atoms with Gasteiger partial charge in [-0.05, 0) is 30.5 Å². The SMILES string of the molecule is Cc1cc(C23CNC(C2)C(=O)S3)ccc1C(F)(F)F. The van der Waals surface area contributed by atoms with Gasteiger partial charge in [0, 0.05) is 6.54 Å². The van der Waals surface area contributed by atoms with Crippen molar-refractivity contribution in [2.45, 2.75) is 30.3 Å². The maximum Gasteiger partial charge on any atom is 0.416 e. The smallest absolute Gasteiger partial charge is 0.305 e. The molecule has 2 aliphatic heterocycles. The predicted octanol–water partition coefficient (Wildman–Crippen LogP) is 2.84. The normalized spacial score (nSPS) is 30.1. The van der Waals surface area contributed by atoms with E-state index >= 15 is 0 Å². The zero-order chi connectivity index (χ0) is 13.8. The Balaban J connectivity index is 2.00. The summed E-state index contributed by atoms with van der Waals surface area (Å²) in [5, 5.41) is 3.20. The Morgan fingerprint density at radius 2 is 2.16 bits per heavy atom. The first kappa shape index (κ1) is 13.0. The summed E-state index contributed by atoms with van der Waals surface area (Å²) in [7, 11) is 0. The molecular weight excluding hydrogens is 275 g/mol. The van der Waals surface area contributed by atoms with Gasteiger partial charge in [0.1, 0.15) is 0 Å². The molecule has 6 heteroatoms. The number of halogens is 3. The van der Waals surface area contributed by atoms with Crippen molar-refractivity contribution in [2.24, 2.45) is 0 Å². The molecule has 1 aromatic rings. The van der Waals surface area contributed by atoms with Crippen LogP contribution in [0, 0.1) is 6.92 Å². The van der Waals surface area contributed by atoms with E-state index in [1.807, 2.05) is 0 Å². The summed E-state index contributed by atoms with van der Waals surface area (Å²) in [4.78, 5) is 11.6. The minimum absolute atomic E-state index is 0.0869. The van der Waals surface area contributed by atoms with Crippen molar-refractivity contribution >= 4 is 16.9 Å². The predicted molar refractivity (Wildman–Crippen MR) is 66.9 cm³/mol. The summed E-state index contributed by atoms with van der Waals surface area (Å²) < 4.78 is 37.8. The summed E-state index contributed by atoms with van der Waals surface area (Å²) in [6.07, 6.45) is -3.66. The van der Waals surface area contributed by atoms with Crippen molar-refractivity contribution in [3.05, 3.63) is 34.9 Å². The quantitative estimate of drug-likeness (QED) is 0.861. The molecule has 0 spiro atoms. The molecule has 1 N–H and O–H groups in total.